The van der Waals surface area contributed by atoms with Crippen LogP contribution in [0.1, 0.15) is 19.3 Å². The number of aliphatic hydroxyl groups is 2. The third-order valence-corrected chi connectivity index (χ3v) is 3.05. The van der Waals surface area contributed by atoms with Crippen LogP contribution in [0.5, 0.6) is 0 Å². The minimum absolute atomic E-state index is 0.00464. The molecule has 2 amide bonds. The third kappa shape index (κ3) is 3.80. The normalized spacial score (nSPS) is 22.5. The molecule has 0 saturated carbocycles. The van der Waals surface area contributed by atoms with Crippen molar-refractivity contribution >= 4 is 6.03 Å². The molecule has 21 heavy (non-hydrogen) atoms. The van der Waals surface area contributed by atoms with Crippen LogP contribution in [0.25, 0.3) is 0 Å². The first-order valence-corrected chi connectivity index (χ1v) is 6.38. The molecule has 1 aliphatic heterocycles. The molecule has 1 fully saturated rings. The second-order valence-electron chi connectivity index (χ2n) is 4.32. The molecule has 0 aromatic heterocycles. The lowest BCUT2D eigenvalue weighted by Gasteiger charge is -2.48. The van der Waals surface area contributed by atoms with E-state index in [9.17, 15) is 15.0 Å². The van der Waals surface area contributed by atoms with Crippen molar-refractivity contribution in [1.29, 1.82) is 15.8 Å². The smallest absolute Gasteiger partial charge is 0.326 e. The molecular weight excluding hydrogens is 276 g/mol. The largest absolute Gasteiger partial charge is 0.360 e. The Morgan fingerprint density at radius 2 is 1.24 bits per heavy atom. The number of rotatable bonds is 6. The topological polar surface area (TPSA) is 139 Å². The fourth-order valence-electron chi connectivity index (χ4n) is 2.01. The van der Waals surface area contributed by atoms with Crippen molar-refractivity contribution in [1.82, 2.24) is 14.7 Å². The number of carbonyl (C=O) groups is 1. The Bertz CT molecular complexity index is 457. The molecule has 0 radical (unpaired) electrons. The highest BCUT2D eigenvalue weighted by Gasteiger charge is 2.42. The van der Waals surface area contributed by atoms with Gasteiger partial charge in [0.1, 0.15) is 0 Å². The van der Waals surface area contributed by atoms with Crippen molar-refractivity contribution in [2.45, 2.75) is 32.0 Å². The minimum Gasteiger partial charge on any atom is -0.360 e. The van der Waals surface area contributed by atoms with Gasteiger partial charge in [0, 0.05) is 26.1 Å². The van der Waals surface area contributed by atoms with Gasteiger partial charge in [-0.3, -0.25) is 9.80 Å². The van der Waals surface area contributed by atoms with E-state index < -0.39 is 18.7 Å². The summed E-state index contributed by atoms with van der Waals surface area (Å²) in [5, 5.41) is 46.1. The van der Waals surface area contributed by atoms with E-state index >= 15 is 0 Å². The van der Waals surface area contributed by atoms with Crippen LogP contribution < -0.4 is 0 Å². The second-order valence-corrected chi connectivity index (χ2v) is 4.32. The van der Waals surface area contributed by atoms with Crippen LogP contribution in [-0.4, -0.2) is 63.3 Å². The molecule has 1 saturated heterocycles. The number of carbonyl (C=O) groups excluding carboxylic acids is 1. The van der Waals surface area contributed by atoms with Crippen LogP contribution in [0.4, 0.5) is 4.79 Å². The summed E-state index contributed by atoms with van der Waals surface area (Å²) in [5.41, 5.74) is 0. The Balaban J connectivity index is 2.94. The Morgan fingerprint density at radius 1 is 0.857 bits per heavy atom. The highest BCUT2D eigenvalue weighted by atomic mass is 16.4. The van der Waals surface area contributed by atoms with Crippen LogP contribution >= 0.6 is 0 Å². The Morgan fingerprint density at radius 3 is 1.62 bits per heavy atom. The number of amides is 2. The zero-order chi connectivity index (χ0) is 15.8. The van der Waals surface area contributed by atoms with Crippen molar-refractivity contribution in [3.05, 3.63) is 0 Å². The SMILES string of the molecule is N#CCCN1C(=O)N(CCC#N)C(O)N(CCC#N)C1O. The van der Waals surface area contributed by atoms with Crippen LogP contribution in [0.15, 0.2) is 0 Å². The summed E-state index contributed by atoms with van der Waals surface area (Å²) in [4.78, 5) is 15.4. The van der Waals surface area contributed by atoms with Gasteiger partial charge in [-0.15, -0.1) is 0 Å². The third-order valence-electron chi connectivity index (χ3n) is 3.05. The molecular formula is C12H16N6O3. The van der Waals surface area contributed by atoms with Crippen molar-refractivity contribution in [3.8, 4) is 18.2 Å². The molecule has 2 N–H and O–H groups in total. The highest BCUT2D eigenvalue weighted by molar-refractivity contribution is 5.75. The first-order valence-electron chi connectivity index (χ1n) is 6.38. The molecule has 9 nitrogen and oxygen atoms in total. The Labute approximate surface area is 122 Å². The van der Waals surface area contributed by atoms with Gasteiger partial charge < -0.3 is 10.2 Å². The molecule has 0 spiro atoms. The predicted octanol–water partition coefficient (Wildman–Crippen LogP) is -0.681. The molecule has 9 heteroatoms. The van der Waals surface area contributed by atoms with Crippen molar-refractivity contribution in [3.63, 3.8) is 0 Å². The maximum absolute atomic E-state index is 12.2. The summed E-state index contributed by atoms with van der Waals surface area (Å²) in [6.45, 7) is 0.0445. The van der Waals surface area contributed by atoms with Crippen molar-refractivity contribution in [2.24, 2.45) is 0 Å². The average molecular weight is 292 g/mol. The molecule has 0 aromatic rings. The summed E-state index contributed by atoms with van der Waals surface area (Å²) in [6.07, 6.45) is -2.71. The second kappa shape index (κ2) is 8.03. The number of aliphatic hydroxyl groups excluding tert-OH is 2. The van der Waals surface area contributed by atoms with Gasteiger partial charge in [-0.1, -0.05) is 0 Å². The van der Waals surface area contributed by atoms with E-state index in [2.05, 4.69) is 0 Å². The lowest BCUT2D eigenvalue weighted by atomic mass is 10.3. The number of hydrogen-bond acceptors (Lipinski definition) is 7. The number of hydrogen-bond donors (Lipinski definition) is 2. The van der Waals surface area contributed by atoms with E-state index in [0.29, 0.717) is 0 Å². The molecule has 2 atom stereocenters. The van der Waals surface area contributed by atoms with Crippen LogP contribution in [-0.2, 0) is 0 Å². The van der Waals surface area contributed by atoms with E-state index in [0.717, 1.165) is 9.80 Å². The van der Waals surface area contributed by atoms with Gasteiger partial charge in [-0.25, -0.2) is 9.69 Å². The van der Waals surface area contributed by atoms with Gasteiger partial charge >= 0.3 is 6.03 Å². The van der Waals surface area contributed by atoms with E-state index in [4.69, 9.17) is 15.8 Å². The summed E-state index contributed by atoms with van der Waals surface area (Å²) in [7, 11) is 0. The first kappa shape index (κ1) is 16.7. The van der Waals surface area contributed by atoms with E-state index in [1.54, 1.807) is 0 Å². The zero-order valence-electron chi connectivity index (χ0n) is 11.4. The van der Waals surface area contributed by atoms with Gasteiger partial charge in [0.25, 0.3) is 0 Å². The summed E-state index contributed by atoms with van der Waals surface area (Å²) >= 11 is 0. The van der Waals surface area contributed by atoms with Gasteiger partial charge in [-0.2, -0.15) is 15.8 Å². The van der Waals surface area contributed by atoms with E-state index in [-0.39, 0.29) is 38.9 Å². The lowest BCUT2D eigenvalue weighted by molar-refractivity contribution is -0.226. The number of nitriles is 3. The zero-order valence-corrected chi connectivity index (χ0v) is 11.4. The van der Waals surface area contributed by atoms with Crippen molar-refractivity contribution < 1.29 is 15.0 Å². The summed E-state index contributed by atoms with van der Waals surface area (Å²) in [6, 6.07) is 5.00. The molecule has 0 bridgehead atoms. The monoisotopic (exact) mass is 292 g/mol. The lowest BCUT2D eigenvalue weighted by Crippen LogP contribution is -2.68. The molecule has 0 aliphatic carbocycles. The maximum Gasteiger partial charge on any atom is 0.326 e. The molecule has 1 rings (SSSR count). The van der Waals surface area contributed by atoms with Gasteiger partial charge in [0.15, 0.2) is 12.7 Å². The summed E-state index contributed by atoms with van der Waals surface area (Å²) in [5.74, 6) is 0. The van der Waals surface area contributed by atoms with Gasteiger partial charge in [0.05, 0.1) is 31.0 Å². The standard InChI is InChI=1S/C12H16N6O3/c13-4-1-7-16-10(19)17(8-2-5-14)12(21)18(11(16)20)9-3-6-15/h10-11,19-20H,1-3,7-9H2. The molecule has 0 aromatic carbocycles. The van der Waals surface area contributed by atoms with Gasteiger partial charge in [-0.05, 0) is 0 Å². The minimum atomic E-state index is -1.41. The Hall–Kier alpha value is -2.38. The number of urea groups is 1. The predicted molar refractivity (Wildman–Crippen MR) is 68.2 cm³/mol. The maximum atomic E-state index is 12.2. The Kier molecular flexibility index (Phi) is 6.38. The van der Waals surface area contributed by atoms with Crippen LogP contribution in [0.3, 0.4) is 0 Å². The first-order chi connectivity index (χ1) is 10.1. The fraction of sp³-hybridized carbons (Fsp3) is 0.667. The molecule has 112 valence electrons. The number of nitrogens with zero attached hydrogens (tertiary/aromatic N) is 6. The van der Waals surface area contributed by atoms with Crippen molar-refractivity contribution in [2.75, 3.05) is 19.6 Å². The molecule has 1 aliphatic rings. The van der Waals surface area contributed by atoms with E-state index in [1.165, 1.54) is 4.90 Å². The van der Waals surface area contributed by atoms with Crippen LogP contribution in [0, 0.1) is 34.0 Å². The van der Waals surface area contributed by atoms with E-state index in [1.807, 2.05) is 18.2 Å². The van der Waals surface area contributed by atoms with Crippen LogP contribution in [0.2, 0.25) is 0 Å². The quantitative estimate of drug-likeness (QED) is 0.661. The highest BCUT2D eigenvalue weighted by Crippen LogP contribution is 2.21. The fourth-order valence-corrected chi connectivity index (χ4v) is 2.01. The van der Waals surface area contributed by atoms with Gasteiger partial charge in [0.2, 0.25) is 0 Å². The average Bonchev–Trinajstić information content (AvgIpc) is 2.47. The summed E-state index contributed by atoms with van der Waals surface area (Å²) < 4.78 is 0. The molecule has 1 heterocycles. The molecule has 2 unspecified atom stereocenters.